The predicted molar refractivity (Wildman–Crippen MR) is 61.6 cm³/mol. The summed E-state index contributed by atoms with van der Waals surface area (Å²) in [6, 6.07) is 5.12. The third-order valence-electron chi connectivity index (χ3n) is 2.09. The van der Waals surface area contributed by atoms with Gasteiger partial charge < -0.3 is 5.73 Å². The molecule has 92 valence electrons. The zero-order chi connectivity index (χ0) is 12.9. The zero-order valence-corrected chi connectivity index (χ0v) is 9.33. The highest BCUT2D eigenvalue weighted by Gasteiger charge is 2.30. The lowest BCUT2D eigenvalue weighted by Crippen LogP contribution is -2.05. The largest absolute Gasteiger partial charge is 0.416 e. The smallest absolute Gasteiger partial charge is 0.404 e. The van der Waals surface area contributed by atoms with Gasteiger partial charge in [0.05, 0.1) is 12.1 Å². The van der Waals surface area contributed by atoms with Crippen molar-refractivity contribution >= 4 is 6.21 Å². The molecule has 17 heavy (non-hydrogen) atoms. The molecule has 0 radical (unpaired) electrons. The van der Waals surface area contributed by atoms with Crippen LogP contribution in [-0.2, 0) is 12.7 Å². The number of nitrogens with zero attached hydrogens (tertiary/aromatic N) is 1. The summed E-state index contributed by atoms with van der Waals surface area (Å²) in [6.45, 7) is 1.96. The topological polar surface area (TPSA) is 38.4 Å². The number of allylic oxidation sites excluding steroid dienone is 1. The lowest BCUT2D eigenvalue weighted by molar-refractivity contribution is -0.137. The number of benzene rings is 1. The number of aliphatic imine (C=N–C) groups is 1. The summed E-state index contributed by atoms with van der Waals surface area (Å²) in [5.41, 5.74) is 5.85. The first kappa shape index (κ1) is 13.3. The molecule has 0 unspecified atom stereocenters. The monoisotopic (exact) mass is 242 g/mol. The van der Waals surface area contributed by atoms with Crippen LogP contribution >= 0.6 is 0 Å². The molecule has 0 fully saturated rings. The Hall–Kier alpha value is -1.78. The highest BCUT2D eigenvalue weighted by atomic mass is 19.4. The molecule has 2 nitrogen and oxygen atoms in total. The van der Waals surface area contributed by atoms with Gasteiger partial charge in [0, 0.05) is 6.21 Å². The Bertz CT molecular complexity index is 434. The van der Waals surface area contributed by atoms with Crippen LogP contribution < -0.4 is 5.73 Å². The lowest BCUT2D eigenvalue weighted by atomic mass is 10.1. The van der Waals surface area contributed by atoms with E-state index in [0.29, 0.717) is 5.56 Å². The van der Waals surface area contributed by atoms with Crippen molar-refractivity contribution in [2.45, 2.75) is 19.6 Å². The number of hydrogen-bond acceptors (Lipinski definition) is 2. The molecule has 0 aliphatic carbocycles. The number of rotatable bonds is 3. The fourth-order valence-corrected chi connectivity index (χ4v) is 1.18. The summed E-state index contributed by atoms with van der Waals surface area (Å²) in [5, 5.41) is 0. The van der Waals surface area contributed by atoms with Crippen molar-refractivity contribution < 1.29 is 13.2 Å². The molecule has 0 aromatic heterocycles. The van der Waals surface area contributed by atoms with Crippen LogP contribution in [0.3, 0.4) is 0 Å². The Morgan fingerprint density at radius 2 is 2.12 bits per heavy atom. The molecule has 0 spiro atoms. The lowest BCUT2D eigenvalue weighted by Gasteiger charge is -2.07. The summed E-state index contributed by atoms with van der Waals surface area (Å²) >= 11 is 0. The maximum absolute atomic E-state index is 12.4. The minimum Gasteiger partial charge on any atom is -0.404 e. The maximum Gasteiger partial charge on any atom is 0.416 e. The number of nitrogens with two attached hydrogens (primary N) is 1. The van der Waals surface area contributed by atoms with E-state index in [2.05, 4.69) is 4.99 Å². The van der Waals surface area contributed by atoms with Crippen LogP contribution in [0.5, 0.6) is 0 Å². The van der Waals surface area contributed by atoms with Crippen molar-refractivity contribution in [3.8, 4) is 0 Å². The van der Waals surface area contributed by atoms with Crippen molar-refractivity contribution in [2.24, 2.45) is 10.7 Å². The van der Waals surface area contributed by atoms with Crippen LogP contribution in [0.15, 0.2) is 41.0 Å². The van der Waals surface area contributed by atoms with Crippen LogP contribution in [-0.4, -0.2) is 6.21 Å². The molecule has 0 aliphatic heterocycles. The third kappa shape index (κ3) is 4.30. The van der Waals surface area contributed by atoms with Gasteiger partial charge in [-0.15, -0.1) is 0 Å². The highest BCUT2D eigenvalue weighted by Crippen LogP contribution is 2.29. The molecule has 0 heterocycles. The molecular formula is C12H13F3N2. The molecular weight excluding hydrogens is 229 g/mol. The van der Waals surface area contributed by atoms with E-state index in [9.17, 15) is 13.2 Å². The van der Waals surface area contributed by atoms with Crippen molar-refractivity contribution in [2.75, 3.05) is 0 Å². The van der Waals surface area contributed by atoms with Crippen LogP contribution in [0.2, 0.25) is 0 Å². The van der Waals surface area contributed by atoms with Gasteiger partial charge in [0.2, 0.25) is 0 Å². The van der Waals surface area contributed by atoms with Crippen LogP contribution in [0.1, 0.15) is 18.1 Å². The van der Waals surface area contributed by atoms with Gasteiger partial charge in [0.1, 0.15) is 0 Å². The molecule has 1 aromatic carbocycles. The second kappa shape index (κ2) is 5.52. The average Bonchev–Trinajstić information content (AvgIpc) is 2.28. The van der Waals surface area contributed by atoms with Crippen molar-refractivity contribution in [1.29, 1.82) is 0 Å². The van der Waals surface area contributed by atoms with Crippen molar-refractivity contribution in [1.82, 2.24) is 0 Å². The molecule has 0 aliphatic rings. The minimum atomic E-state index is -4.31. The van der Waals surface area contributed by atoms with E-state index in [4.69, 9.17) is 5.73 Å². The van der Waals surface area contributed by atoms with E-state index in [0.717, 1.165) is 17.7 Å². The molecule has 0 bridgehead atoms. The summed E-state index contributed by atoms with van der Waals surface area (Å²) in [5.74, 6) is 0. The third-order valence-corrected chi connectivity index (χ3v) is 2.09. The normalized spacial score (nSPS) is 13.3. The van der Waals surface area contributed by atoms with Gasteiger partial charge in [-0.1, -0.05) is 12.1 Å². The van der Waals surface area contributed by atoms with Gasteiger partial charge >= 0.3 is 6.18 Å². The Kier molecular flexibility index (Phi) is 4.31. The molecule has 5 heteroatoms. The maximum atomic E-state index is 12.4. The van der Waals surface area contributed by atoms with E-state index in [-0.39, 0.29) is 6.54 Å². The van der Waals surface area contributed by atoms with Gasteiger partial charge in [0.25, 0.3) is 0 Å². The minimum absolute atomic E-state index is 0.203. The second-order valence-electron chi connectivity index (χ2n) is 3.58. The molecule has 0 saturated heterocycles. The first-order chi connectivity index (χ1) is 7.93. The molecule has 0 saturated carbocycles. The summed E-state index contributed by atoms with van der Waals surface area (Å²) in [7, 11) is 0. The summed E-state index contributed by atoms with van der Waals surface area (Å²) < 4.78 is 37.2. The van der Waals surface area contributed by atoms with Gasteiger partial charge in [0.15, 0.2) is 0 Å². The molecule has 1 rings (SSSR count). The standard InChI is InChI=1S/C12H13F3N2/c1-9(6-16)7-17-8-10-3-2-4-11(5-10)12(13,14)15/h2-7H,8,16H2,1H3/b9-6-,17-7?. The van der Waals surface area contributed by atoms with Crippen LogP contribution in [0, 0.1) is 0 Å². The van der Waals surface area contributed by atoms with E-state index in [1.807, 2.05) is 0 Å². The Labute approximate surface area is 97.7 Å². The molecule has 1 aromatic rings. The number of halogens is 3. The van der Waals surface area contributed by atoms with Gasteiger partial charge in [-0.2, -0.15) is 13.2 Å². The molecule has 2 N–H and O–H groups in total. The summed E-state index contributed by atoms with van der Waals surface area (Å²) in [4.78, 5) is 3.99. The fourth-order valence-electron chi connectivity index (χ4n) is 1.18. The summed E-state index contributed by atoms with van der Waals surface area (Å²) in [6.07, 6.45) is -1.40. The Balaban J connectivity index is 2.77. The quantitative estimate of drug-likeness (QED) is 0.812. The predicted octanol–water partition coefficient (Wildman–Crippen LogP) is 3.14. The molecule has 0 atom stereocenters. The van der Waals surface area contributed by atoms with Crippen molar-refractivity contribution in [3.05, 3.63) is 47.2 Å². The van der Waals surface area contributed by atoms with Gasteiger partial charge in [-0.05, 0) is 36.4 Å². The first-order valence-corrected chi connectivity index (χ1v) is 4.98. The second-order valence-corrected chi connectivity index (χ2v) is 3.58. The van der Waals surface area contributed by atoms with E-state index in [1.165, 1.54) is 18.5 Å². The zero-order valence-electron chi connectivity index (χ0n) is 9.33. The average molecular weight is 242 g/mol. The van der Waals surface area contributed by atoms with Gasteiger partial charge in [-0.3, -0.25) is 4.99 Å². The van der Waals surface area contributed by atoms with Crippen LogP contribution in [0.25, 0.3) is 0 Å². The van der Waals surface area contributed by atoms with E-state index in [1.54, 1.807) is 13.0 Å². The van der Waals surface area contributed by atoms with E-state index < -0.39 is 11.7 Å². The Morgan fingerprint density at radius 1 is 1.41 bits per heavy atom. The van der Waals surface area contributed by atoms with Crippen LogP contribution in [0.4, 0.5) is 13.2 Å². The Morgan fingerprint density at radius 3 is 2.71 bits per heavy atom. The number of hydrogen-bond donors (Lipinski definition) is 1. The van der Waals surface area contributed by atoms with Gasteiger partial charge in [-0.25, -0.2) is 0 Å². The SMILES string of the molecule is C/C(C=NCc1cccc(C(F)(F)F)c1)=C/N. The fraction of sp³-hybridized carbons (Fsp3) is 0.250. The van der Waals surface area contributed by atoms with Crippen molar-refractivity contribution in [3.63, 3.8) is 0 Å². The molecule has 0 amide bonds. The number of alkyl halides is 3. The van der Waals surface area contributed by atoms with E-state index >= 15 is 0 Å². The highest BCUT2D eigenvalue weighted by molar-refractivity contribution is 5.77. The first-order valence-electron chi connectivity index (χ1n) is 4.98.